The van der Waals surface area contributed by atoms with Gasteiger partial charge in [0.2, 0.25) is 0 Å². The molecule has 3 aromatic rings. The van der Waals surface area contributed by atoms with Crippen molar-refractivity contribution in [1.29, 1.82) is 0 Å². The molecule has 2 nitrogen and oxygen atoms in total. The molecule has 0 aliphatic heterocycles. The van der Waals surface area contributed by atoms with Crippen LogP contribution < -0.4 is 0 Å². The predicted molar refractivity (Wildman–Crippen MR) is 82.4 cm³/mol. The second-order valence-corrected chi connectivity index (χ2v) is 4.91. The van der Waals surface area contributed by atoms with E-state index in [0.29, 0.717) is 0 Å². The Morgan fingerprint density at radius 2 is 1.45 bits per heavy atom. The minimum absolute atomic E-state index is 0.783. The number of nitrogens with zero attached hydrogens (tertiary/aromatic N) is 2. The molecule has 0 bridgehead atoms. The standard InChI is InChI=1S/C18H16N2/c1-13-12-19-18(20-14(13)2)17-10-6-9-16(11-17)15-7-4-3-5-8-15/h3-12H,1-2H3. The summed E-state index contributed by atoms with van der Waals surface area (Å²) < 4.78 is 0. The van der Waals surface area contributed by atoms with Crippen LogP contribution in [0.4, 0.5) is 0 Å². The molecule has 0 unspecified atom stereocenters. The first kappa shape index (κ1) is 12.5. The molecule has 0 amide bonds. The topological polar surface area (TPSA) is 25.8 Å². The van der Waals surface area contributed by atoms with Crippen LogP contribution in [0.25, 0.3) is 22.5 Å². The van der Waals surface area contributed by atoms with Crippen molar-refractivity contribution in [3.63, 3.8) is 0 Å². The maximum absolute atomic E-state index is 4.57. The van der Waals surface area contributed by atoms with E-state index < -0.39 is 0 Å². The van der Waals surface area contributed by atoms with Crippen LogP contribution in [-0.2, 0) is 0 Å². The van der Waals surface area contributed by atoms with Gasteiger partial charge in [0.05, 0.1) is 0 Å². The SMILES string of the molecule is Cc1cnc(-c2cccc(-c3ccccc3)c2)nc1C. The Bertz CT molecular complexity index is 733. The lowest BCUT2D eigenvalue weighted by atomic mass is 10.0. The van der Waals surface area contributed by atoms with Gasteiger partial charge in [0.15, 0.2) is 5.82 Å². The molecule has 0 radical (unpaired) electrons. The molecule has 0 saturated carbocycles. The molecule has 0 aliphatic rings. The van der Waals surface area contributed by atoms with Gasteiger partial charge in [-0.25, -0.2) is 9.97 Å². The van der Waals surface area contributed by atoms with Crippen molar-refractivity contribution in [2.45, 2.75) is 13.8 Å². The molecular weight excluding hydrogens is 244 g/mol. The van der Waals surface area contributed by atoms with Gasteiger partial charge in [-0.15, -0.1) is 0 Å². The first-order chi connectivity index (χ1) is 9.74. The van der Waals surface area contributed by atoms with Crippen LogP contribution >= 0.6 is 0 Å². The normalized spacial score (nSPS) is 10.5. The second kappa shape index (κ2) is 5.25. The van der Waals surface area contributed by atoms with Crippen LogP contribution in [0.2, 0.25) is 0 Å². The number of hydrogen-bond donors (Lipinski definition) is 0. The predicted octanol–water partition coefficient (Wildman–Crippen LogP) is 4.43. The summed E-state index contributed by atoms with van der Waals surface area (Å²) in [7, 11) is 0. The highest BCUT2D eigenvalue weighted by atomic mass is 14.9. The third kappa shape index (κ3) is 2.45. The van der Waals surface area contributed by atoms with Crippen molar-refractivity contribution >= 4 is 0 Å². The molecule has 0 atom stereocenters. The average molecular weight is 260 g/mol. The summed E-state index contributed by atoms with van der Waals surface area (Å²) in [4.78, 5) is 9.00. The van der Waals surface area contributed by atoms with Crippen molar-refractivity contribution in [3.8, 4) is 22.5 Å². The zero-order valence-corrected chi connectivity index (χ0v) is 11.7. The Balaban J connectivity index is 2.05. The van der Waals surface area contributed by atoms with E-state index in [4.69, 9.17) is 0 Å². The summed E-state index contributed by atoms with van der Waals surface area (Å²) in [5, 5.41) is 0. The molecule has 3 rings (SSSR count). The molecule has 0 fully saturated rings. The van der Waals surface area contributed by atoms with Gasteiger partial charge in [-0.1, -0.05) is 48.5 Å². The Hall–Kier alpha value is -2.48. The lowest BCUT2D eigenvalue weighted by molar-refractivity contribution is 1.07. The lowest BCUT2D eigenvalue weighted by Gasteiger charge is -2.06. The molecule has 0 N–H and O–H groups in total. The van der Waals surface area contributed by atoms with Gasteiger partial charge in [0.1, 0.15) is 0 Å². The second-order valence-electron chi connectivity index (χ2n) is 4.91. The van der Waals surface area contributed by atoms with Crippen molar-refractivity contribution in [2.24, 2.45) is 0 Å². The third-order valence-corrected chi connectivity index (χ3v) is 3.45. The Kier molecular flexibility index (Phi) is 3.30. The zero-order chi connectivity index (χ0) is 13.9. The number of hydrogen-bond acceptors (Lipinski definition) is 2. The van der Waals surface area contributed by atoms with Gasteiger partial charge in [0, 0.05) is 17.5 Å². The minimum atomic E-state index is 0.783. The van der Waals surface area contributed by atoms with Gasteiger partial charge in [-0.3, -0.25) is 0 Å². The molecule has 0 spiro atoms. The molecule has 2 aromatic carbocycles. The monoisotopic (exact) mass is 260 g/mol. The minimum Gasteiger partial charge on any atom is -0.236 e. The summed E-state index contributed by atoms with van der Waals surface area (Å²) in [6, 6.07) is 18.7. The molecule has 1 heterocycles. The van der Waals surface area contributed by atoms with Crippen LogP contribution in [0.3, 0.4) is 0 Å². The first-order valence-electron chi connectivity index (χ1n) is 6.70. The van der Waals surface area contributed by atoms with Gasteiger partial charge in [-0.05, 0) is 36.6 Å². The number of aromatic nitrogens is 2. The van der Waals surface area contributed by atoms with Gasteiger partial charge in [0.25, 0.3) is 0 Å². The number of rotatable bonds is 2. The van der Waals surface area contributed by atoms with Gasteiger partial charge < -0.3 is 0 Å². The van der Waals surface area contributed by atoms with Crippen LogP contribution in [0.1, 0.15) is 11.3 Å². The van der Waals surface area contributed by atoms with E-state index in [-0.39, 0.29) is 0 Å². The van der Waals surface area contributed by atoms with E-state index in [9.17, 15) is 0 Å². The quantitative estimate of drug-likeness (QED) is 0.681. The average Bonchev–Trinajstić information content (AvgIpc) is 2.51. The Morgan fingerprint density at radius 1 is 0.750 bits per heavy atom. The molecule has 2 heteroatoms. The summed E-state index contributed by atoms with van der Waals surface area (Å²) in [5.74, 6) is 0.783. The summed E-state index contributed by atoms with van der Waals surface area (Å²) in [5.41, 5.74) is 5.59. The van der Waals surface area contributed by atoms with Crippen molar-refractivity contribution in [3.05, 3.63) is 72.1 Å². The lowest BCUT2D eigenvalue weighted by Crippen LogP contribution is -1.94. The highest BCUT2D eigenvalue weighted by molar-refractivity contribution is 5.70. The van der Waals surface area contributed by atoms with Crippen LogP contribution in [0.5, 0.6) is 0 Å². The highest BCUT2D eigenvalue weighted by Crippen LogP contribution is 2.24. The van der Waals surface area contributed by atoms with E-state index in [2.05, 4.69) is 58.5 Å². The summed E-state index contributed by atoms with van der Waals surface area (Å²) >= 11 is 0. The molecule has 0 saturated heterocycles. The Labute approximate surface area is 119 Å². The van der Waals surface area contributed by atoms with Gasteiger partial charge in [-0.2, -0.15) is 0 Å². The van der Waals surface area contributed by atoms with Crippen molar-refractivity contribution < 1.29 is 0 Å². The smallest absolute Gasteiger partial charge is 0.159 e. The fourth-order valence-corrected chi connectivity index (χ4v) is 2.13. The number of aryl methyl sites for hydroxylation is 2. The molecule has 98 valence electrons. The van der Waals surface area contributed by atoms with Crippen molar-refractivity contribution in [1.82, 2.24) is 9.97 Å². The maximum atomic E-state index is 4.57. The fraction of sp³-hybridized carbons (Fsp3) is 0.111. The summed E-state index contributed by atoms with van der Waals surface area (Å²) in [6.45, 7) is 4.04. The van der Waals surface area contributed by atoms with Crippen LogP contribution in [-0.4, -0.2) is 9.97 Å². The third-order valence-electron chi connectivity index (χ3n) is 3.45. The molecule has 20 heavy (non-hydrogen) atoms. The number of benzene rings is 2. The maximum Gasteiger partial charge on any atom is 0.159 e. The zero-order valence-electron chi connectivity index (χ0n) is 11.7. The summed E-state index contributed by atoms with van der Waals surface area (Å²) in [6.07, 6.45) is 1.88. The Morgan fingerprint density at radius 3 is 2.20 bits per heavy atom. The fourth-order valence-electron chi connectivity index (χ4n) is 2.13. The van der Waals surface area contributed by atoms with E-state index >= 15 is 0 Å². The first-order valence-corrected chi connectivity index (χ1v) is 6.70. The van der Waals surface area contributed by atoms with Crippen molar-refractivity contribution in [2.75, 3.05) is 0 Å². The van der Waals surface area contributed by atoms with E-state index in [1.54, 1.807) is 0 Å². The molecule has 0 aliphatic carbocycles. The molecular formula is C18H16N2. The van der Waals surface area contributed by atoms with E-state index in [1.807, 2.05) is 26.1 Å². The van der Waals surface area contributed by atoms with E-state index in [1.165, 1.54) is 11.1 Å². The molecule has 1 aromatic heterocycles. The largest absolute Gasteiger partial charge is 0.236 e. The van der Waals surface area contributed by atoms with Crippen LogP contribution in [0, 0.1) is 13.8 Å². The van der Waals surface area contributed by atoms with Gasteiger partial charge >= 0.3 is 0 Å². The van der Waals surface area contributed by atoms with E-state index in [0.717, 1.165) is 22.6 Å². The van der Waals surface area contributed by atoms with Crippen LogP contribution in [0.15, 0.2) is 60.8 Å². The highest BCUT2D eigenvalue weighted by Gasteiger charge is 2.05.